The molecule has 7 nitrogen and oxygen atoms in total. The molecule has 0 bridgehead atoms. The molecule has 160 valence electrons. The van der Waals surface area contributed by atoms with Crippen LogP contribution in [0.5, 0.6) is 11.5 Å². The number of fused-ring (bicyclic) bond motifs is 1. The van der Waals surface area contributed by atoms with E-state index in [0.717, 1.165) is 0 Å². The van der Waals surface area contributed by atoms with Crippen molar-refractivity contribution in [2.24, 2.45) is 5.92 Å². The van der Waals surface area contributed by atoms with Gasteiger partial charge in [-0.05, 0) is 66.1 Å². The van der Waals surface area contributed by atoms with Gasteiger partial charge in [0.25, 0.3) is 0 Å². The van der Waals surface area contributed by atoms with Crippen LogP contribution in [0.1, 0.15) is 29.8 Å². The number of allylic oxidation sites excluding steroid dienone is 3. The maximum Gasteiger partial charge on any atom is 0.343 e. The molecular formula is C22H23BrO7. The zero-order valence-electron chi connectivity index (χ0n) is 17.1. The molecule has 0 spiro atoms. The summed E-state index contributed by atoms with van der Waals surface area (Å²) < 4.78 is 16.7. The highest BCUT2D eigenvalue weighted by atomic mass is 79.9. The van der Waals surface area contributed by atoms with Crippen molar-refractivity contribution < 1.29 is 34.0 Å². The van der Waals surface area contributed by atoms with E-state index in [-0.39, 0.29) is 23.7 Å². The number of ether oxygens (including phenoxy) is 3. The number of phenolic OH excluding ortho intramolecular Hbond substituents is 1. The molecule has 1 aliphatic carbocycles. The van der Waals surface area contributed by atoms with Crippen LogP contribution in [0, 0.1) is 12.8 Å². The Morgan fingerprint density at radius 2 is 2.10 bits per heavy atom. The summed E-state index contributed by atoms with van der Waals surface area (Å²) in [6.45, 7) is 4.98. The van der Waals surface area contributed by atoms with Crippen molar-refractivity contribution in [3.8, 4) is 11.5 Å². The van der Waals surface area contributed by atoms with Gasteiger partial charge in [0.2, 0.25) is 5.78 Å². The Hall–Kier alpha value is -2.58. The number of hydrogen-bond donors (Lipinski definition) is 2. The molecule has 1 aromatic rings. The number of aromatic hydroxyl groups is 1. The summed E-state index contributed by atoms with van der Waals surface area (Å²) in [5, 5.41) is 20.9. The first kappa shape index (κ1) is 22.1. The number of aliphatic hydroxyl groups is 1. The number of esters is 1. The molecule has 0 unspecified atom stereocenters. The maximum absolute atomic E-state index is 13.0. The molecular weight excluding hydrogens is 456 g/mol. The SMILES string of the molecule is CC=CC1=CC2=CC(=O)[C@](C)(OC(=O)c3c(OC)cc(O)c(Br)c3C)[C@@H](O)[C@@H]2CO1. The van der Waals surface area contributed by atoms with Crippen molar-refractivity contribution in [2.75, 3.05) is 13.7 Å². The van der Waals surface area contributed by atoms with Gasteiger partial charge in [-0.15, -0.1) is 0 Å². The van der Waals surface area contributed by atoms with Crippen molar-refractivity contribution >= 4 is 27.7 Å². The van der Waals surface area contributed by atoms with E-state index >= 15 is 0 Å². The molecule has 1 heterocycles. The van der Waals surface area contributed by atoms with Crippen LogP contribution in [0.2, 0.25) is 0 Å². The third-order valence-electron chi connectivity index (χ3n) is 5.40. The number of carbonyl (C=O) groups excluding carboxylic acids is 2. The molecule has 3 rings (SSSR count). The smallest absolute Gasteiger partial charge is 0.343 e. The zero-order chi connectivity index (χ0) is 22.2. The van der Waals surface area contributed by atoms with Gasteiger partial charge in [0, 0.05) is 12.0 Å². The fourth-order valence-corrected chi connectivity index (χ4v) is 3.93. The van der Waals surface area contributed by atoms with E-state index in [1.54, 1.807) is 19.1 Å². The van der Waals surface area contributed by atoms with E-state index in [0.29, 0.717) is 21.4 Å². The Labute approximate surface area is 182 Å². The van der Waals surface area contributed by atoms with Gasteiger partial charge in [-0.2, -0.15) is 0 Å². The first-order chi connectivity index (χ1) is 14.1. The molecule has 0 radical (unpaired) electrons. The van der Waals surface area contributed by atoms with Crippen molar-refractivity contribution in [3.05, 3.63) is 57.3 Å². The molecule has 0 aromatic heterocycles. The quantitative estimate of drug-likeness (QED) is 0.639. The lowest BCUT2D eigenvalue weighted by Gasteiger charge is -2.41. The monoisotopic (exact) mass is 478 g/mol. The lowest BCUT2D eigenvalue weighted by atomic mass is 9.74. The molecule has 3 atom stereocenters. The summed E-state index contributed by atoms with van der Waals surface area (Å²) in [7, 11) is 1.35. The minimum Gasteiger partial charge on any atom is -0.507 e. The van der Waals surface area contributed by atoms with Gasteiger partial charge < -0.3 is 24.4 Å². The average molecular weight is 479 g/mol. The molecule has 8 heteroatoms. The number of phenols is 1. The van der Waals surface area contributed by atoms with Gasteiger partial charge in [-0.3, -0.25) is 4.79 Å². The predicted molar refractivity (Wildman–Crippen MR) is 112 cm³/mol. The predicted octanol–water partition coefficient (Wildman–Crippen LogP) is 3.36. The van der Waals surface area contributed by atoms with E-state index in [1.165, 1.54) is 26.2 Å². The Balaban J connectivity index is 1.97. The number of rotatable bonds is 4. The third-order valence-corrected chi connectivity index (χ3v) is 6.40. The van der Waals surface area contributed by atoms with Gasteiger partial charge in [-0.25, -0.2) is 4.79 Å². The Bertz CT molecular complexity index is 992. The highest BCUT2D eigenvalue weighted by Gasteiger charge is 2.52. The standard InChI is InChI=1S/C22H23BrO7/c1-5-6-13-7-12-8-17(25)22(3,20(26)14(12)10-29-13)30-21(27)18-11(2)19(23)15(24)9-16(18)28-4/h5-9,14,20,24,26H,10H2,1-4H3/t14-,20+,22+/m1/s1. The summed E-state index contributed by atoms with van der Waals surface area (Å²) >= 11 is 3.22. The highest BCUT2D eigenvalue weighted by Crippen LogP contribution is 2.40. The molecule has 2 aliphatic rings. The van der Waals surface area contributed by atoms with Gasteiger partial charge in [0.1, 0.15) is 28.9 Å². The number of aliphatic hydroxyl groups excluding tert-OH is 1. The fraction of sp³-hybridized carbons (Fsp3) is 0.364. The fourth-order valence-electron chi connectivity index (χ4n) is 3.62. The van der Waals surface area contributed by atoms with Crippen LogP contribution in [-0.2, 0) is 14.3 Å². The van der Waals surface area contributed by atoms with Crippen LogP contribution in [-0.4, -0.2) is 47.4 Å². The molecule has 30 heavy (non-hydrogen) atoms. The van der Waals surface area contributed by atoms with Gasteiger partial charge in [0.15, 0.2) is 5.60 Å². The van der Waals surface area contributed by atoms with Crippen molar-refractivity contribution in [2.45, 2.75) is 32.5 Å². The van der Waals surface area contributed by atoms with Gasteiger partial charge in [0.05, 0.1) is 18.2 Å². The Kier molecular flexibility index (Phi) is 6.10. The number of ketones is 1. The number of methoxy groups -OCH3 is 1. The second kappa shape index (κ2) is 8.28. The average Bonchev–Trinajstić information content (AvgIpc) is 2.70. The van der Waals surface area contributed by atoms with Crippen LogP contribution in [0.3, 0.4) is 0 Å². The highest BCUT2D eigenvalue weighted by molar-refractivity contribution is 9.10. The normalized spacial score (nSPS) is 25.9. The van der Waals surface area contributed by atoms with E-state index in [1.807, 2.05) is 13.0 Å². The minimum absolute atomic E-state index is 0.0494. The van der Waals surface area contributed by atoms with Crippen molar-refractivity contribution in [1.82, 2.24) is 0 Å². The second-order valence-corrected chi connectivity index (χ2v) is 8.12. The summed E-state index contributed by atoms with van der Waals surface area (Å²) in [5.41, 5.74) is -0.744. The topological polar surface area (TPSA) is 102 Å². The van der Waals surface area contributed by atoms with E-state index in [9.17, 15) is 19.8 Å². The molecule has 2 N–H and O–H groups in total. The lowest BCUT2D eigenvalue weighted by Crippen LogP contribution is -2.57. The molecule has 0 saturated carbocycles. The Morgan fingerprint density at radius 1 is 1.40 bits per heavy atom. The van der Waals surface area contributed by atoms with Crippen LogP contribution >= 0.6 is 15.9 Å². The first-order valence-electron chi connectivity index (χ1n) is 9.34. The zero-order valence-corrected chi connectivity index (χ0v) is 18.6. The van der Waals surface area contributed by atoms with Crippen molar-refractivity contribution in [3.63, 3.8) is 0 Å². The molecule has 0 amide bonds. The number of halogens is 1. The second-order valence-electron chi connectivity index (χ2n) is 7.33. The molecule has 1 aliphatic heterocycles. The van der Waals surface area contributed by atoms with Crippen LogP contribution in [0.15, 0.2) is 46.2 Å². The summed E-state index contributed by atoms with van der Waals surface area (Å²) in [5.74, 6) is -1.31. The van der Waals surface area contributed by atoms with Gasteiger partial charge >= 0.3 is 5.97 Å². The van der Waals surface area contributed by atoms with Gasteiger partial charge in [-0.1, -0.05) is 6.08 Å². The third kappa shape index (κ3) is 3.65. The molecule has 0 fully saturated rings. The summed E-state index contributed by atoms with van der Waals surface area (Å²) in [6, 6.07) is 1.27. The number of benzene rings is 1. The minimum atomic E-state index is -1.80. The summed E-state index contributed by atoms with van der Waals surface area (Å²) in [4.78, 5) is 25.9. The van der Waals surface area contributed by atoms with E-state index in [2.05, 4.69) is 15.9 Å². The van der Waals surface area contributed by atoms with E-state index in [4.69, 9.17) is 14.2 Å². The lowest BCUT2D eigenvalue weighted by molar-refractivity contribution is -0.152. The number of carbonyl (C=O) groups is 2. The van der Waals surface area contributed by atoms with Crippen LogP contribution in [0.4, 0.5) is 0 Å². The Morgan fingerprint density at radius 3 is 2.73 bits per heavy atom. The molecule has 0 saturated heterocycles. The largest absolute Gasteiger partial charge is 0.507 e. The van der Waals surface area contributed by atoms with Crippen LogP contribution in [0.25, 0.3) is 0 Å². The van der Waals surface area contributed by atoms with Crippen molar-refractivity contribution in [1.29, 1.82) is 0 Å². The summed E-state index contributed by atoms with van der Waals surface area (Å²) in [6.07, 6.45) is 5.35. The maximum atomic E-state index is 13.0. The van der Waals surface area contributed by atoms with Crippen LogP contribution < -0.4 is 4.74 Å². The first-order valence-corrected chi connectivity index (χ1v) is 10.1. The van der Waals surface area contributed by atoms with E-state index < -0.39 is 29.4 Å². The number of hydrogen-bond acceptors (Lipinski definition) is 7. The molecule has 1 aromatic carbocycles.